The fourth-order valence-corrected chi connectivity index (χ4v) is 2.59. The van der Waals surface area contributed by atoms with Crippen molar-refractivity contribution in [3.63, 3.8) is 0 Å². The van der Waals surface area contributed by atoms with Gasteiger partial charge in [-0.25, -0.2) is 4.63 Å². The van der Waals surface area contributed by atoms with Crippen molar-refractivity contribution in [2.24, 2.45) is 0 Å². The van der Waals surface area contributed by atoms with Gasteiger partial charge in [0.25, 0.3) is 5.89 Å². The summed E-state index contributed by atoms with van der Waals surface area (Å²) in [5, 5.41) is 24.2. The number of nitrogens with zero attached hydrogens (tertiary/aromatic N) is 5. The Hall–Kier alpha value is -3.73. The third-order valence-electron chi connectivity index (χ3n) is 3.77. The molecule has 0 aliphatic heterocycles. The summed E-state index contributed by atoms with van der Waals surface area (Å²) >= 11 is 0. The quantitative estimate of drug-likeness (QED) is 0.596. The molecule has 0 atom stereocenters. The van der Waals surface area contributed by atoms with Crippen molar-refractivity contribution in [1.82, 2.24) is 20.5 Å². The van der Waals surface area contributed by atoms with Crippen LogP contribution < -0.4 is 5.32 Å². The molecule has 4 rings (SSSR count). The van der Waals surface area contributed by atoms with E-state index in [0.29, 0.717) is 33.9 Å². The van der Waals surface area contributed by atoms with Crippen LogP contribution in [0.2, 0.25) is 0 Å². The summed E-state index contributed by atoms with van der Waals surface area (Å²) in [4.78, 5) is 4.42. The first-order chi connectivity index (χ1) is 12.6. The van der Waals surface area contributed by atoms with Crippen LogP contribution in [-0.4, -0.2) is 26.5 Å². The third kappa shape index (κ3) is 2.86. The lowest BCUT2D eigenvalue weighted by Gasteiger charge is -2.11. The minimum Gasteiger partial charge on any atom is -0.382 e. The number of nitrogens with one attached hydrogen (secondary N) is 1. The summed E-state index contributed by atoms with van der Waals surface area (Å²) in [5.74, 6) is 0.763. The molecule has 0 bridgehead atoms. The number of rotatable bonds is 4. The average Bonchev–Trinajstić information content (AvgIpc) is 3.30. The molecule has 26 heavy (non-hydrogen) atoms. The number of fused-ring (bicyclic) bond motifs is 1. The monoisotopic (exact) mass is 346 g/mol. The Morgan fingerprint density at radius 3 is 2.62 bits per heavy atom. The van der Waals surface area contributed by atoms with Crippen LogP contribution in [0.1, 0.15) is 19.4 Å². The van der Waals surface area contributed by atoms with Gasteiger partial charge in [-0.1, -0.05) is 5.16 Å². The van der Waals surface area contributed by atoms with Gasteiger partial charge in [-0.15, -0.1) is 0 Å². The molecule has 0 amide bonds. The Balaban J connectivity index is 1.68. The molecule has 0 aliphatic carbocycles. The second-order valence-electron chi connectivity index (χ2n) is 6.06. The summed E-state index contributed by atoms with van der Waals surface area (Å²) in [7, 11) is 0. The minimum atomic E-state index is 0.226. The zero-order valence-corrected chi connectivity index (χ0v) is 14.1. The molecule has 128 valence electrons. The van der Waals surface area contributed by atoms with Crippen molar-refractivity contribution in [3.8, 4) is 28.9 Å². The van der Waals surface area contributed by atoms with E-state index in [1.807, 2.05) is 32.0 Å². The smallest absolute Gasteiger partial charge is 0.258 e. The summed E-state index contributed by atoms with van der Waals surface area (Å²) in [6, 6.07) is 13.2. The van der Waals surface area contributed by atoms with Gasteiger partial charge < -0.3 is 9.84 Å². The molecule has 8 nitrogen and oxygen atoms in total. The van der Waals surface area contributed by atoms with Crippen LogP contribution in [0.15, 0.2) is 45.6 Å². The van der Waals surface area contributed by atoms with Crippen molar-refractivity contribution < 1.29 is 9.15 Å². The molecule has 2 aromatic heterocycles. The third-order valence-corrected chi connectivity index (χ3v) is 3.77. The highest BCUT2D eigenvalue weighted by molar-refractivity contribution is 5.79. The Morgan fingerprint density at radius 1 is 1.00 bits per heavy atom. The number of nitriles is 1. The van der Waals surface area contributed by atoms with Gasteiger partial charge >= 0.3 is 0 Å². The van der Waals surface area contributed by atoms with Crippen LogP contribution in [0.4, 0.5) is 5.69 Å². The maximum absolute atomic E-state index is 9.39. The highest BCUT2D eigenvalue weighted by atomic mass is 16.6. The van der Waals surface area contributed by atoms with Crippen LogP contribution in [0, 0.1) is 11.3 Å². The normalized spacial score (nSPS) is 11.0. The molecule has 0 aliphatic rings. The maximum Gasteiger partial charge on any atom is 0.258 e. The largest absolute Gasteiger partial charge is 0.382 e. The number of benzene rings is 2. The fourth-order valence-electron chi connectivity index (χ4n) is 2.59. The summed E-state index contributed by atoms with van der Waals surface area (Å²) < 4.78 is 10.1. The van der Waals surface area contributed by atoms with E-state index in [2.05, 4.69) is 31.8 Å². The van der Waals surface area contributed by atoms with Crippen molar-refractivity contribution in [2.75, 3.05) is 5.32 Å². The first-order valence-electron chi connectivity index (χ1n) is 8.01. The van der Waals surface area contributed by atoms with E-state index in [-0.39, 0.29) is 6.04 Å². The highest BCUT2D eigenvalue weighted by Crippen LogP contribution is 2.27. The van der Waals surface area contributed by atoms with Crippen LogP contribution in [0.3, 0.4) is 0 Å². The predicted molar refractivity (Wildman–Crippen MR) is 94.0 cm³/mol. The number of hydrogen-bond acceptors (Lipinski definition) is 8. The van der Waals surface area contributed by atoms with Crippen molar-refractivity contribution in [3.05, 3.63) is 42.0 Å². The highest BCUT2D eigenvalue weighted by Gasteiger charge is 2.14. The maximum atomic E-state index is 9.39. The lowest BCUT2D eigenvalue weighted by Crippen LogP contribution is -2.10. The first-order valence-corrected chi connectivity index (χ1v) is 8.01. The number of hydrogen-bond donors (Lipinski definition) is 1. The zero-order valence-electron chi connectivity index (χ0n) is 14.1. The van der Waals surface area contributed by atoms with E-state index in [1.54, 1.807) is 18.2 Å². The van der Waals surface area contributed by atoms with E-state index in [0.717, 1.165) is 11.3 Å². The molecule has 0 saturated heterocycles. The topological polar surface area (TPSA) is 114 Å². The van der Waals surface area contributed by atoms with E-state index >= 15 is 0 Å². The summed E-state index contributed by atoms with van der Waals surface area (Å²) in [6.07, 6.45) is 0. The van der Waals surface area contributed by atoms with Gasteiger partial charge in [0.05, 0.1) is 11.3 Å². The Bertz CT molecular complexity index is 1120. The van der Waals surface area contributed by atoms with Gasteiger partial charge in [0.2, 0.25) is 5.82 Å². The summed E-state index contributed by atoms with van der Waals surface area (Å²) in [5.41, 5.74) is 3.98. The molecule has 0 radical (unpaired) electrons. The zero-order chi connectivity index (χ0) is 18.1. The molecule has 0 spiro atoms. The van der Waals surface area contributed by atoms with Crippen LogP contribution in [-0.2, 0) is 0 Å². The minimum absolute atomic E-state index is 0.226. The number of anilines is 1. The SMILES string of the molecule is CC(C)Nc1ccc(-c2nc(-c3ccc4nonc4c3)no2)cc1C#N. The van der Waals surface area contributed by atoms with Gasteiger partial charge in [-0.3, -0.25) is 0 Å². The predicted octanol–water partition coefficient (Wildman–Crippen LogP) is 3.63. The summed E-state index contributed by atoms with van der Waals surface area (Å²) in [6.45, 7) is 4.03. The molecular formula is C18H14N6O2. The van der Waals surface area contributed by atoms with E-state index in [9.17, 15) is 5.26 Å². The van der Waals surface area contributed by atoms with Crippen LogP contribution in [0.25, 0.3) is 33.9 Å². The standard InChI is InChI=1S/C18H14N6O2/c1-10(2)20-14-5-4-12(7-13(14)9-19)18-21-17(24-25-18)11-3-6-15-16(8-11)23-26-22-15/h3-8,10,20H,1-2H3. The van der Waals surface area contributed by atoms with Crippen LogP contribution in [0.5, 0.6) is 0 Å². The van der Waals surface area contributed by atoms with Gasteiger partial charge in [-0.05, 0) is 60.6 Å². The van der Waals surface area contributed by atoms with Gasteiger partial charge in [0.1, 0.15) is 17.1 Å². The van der Waals surface area contributed by atoms with Gasteiger partial charge in [0, 0.05) is 17.2 Å². The first kappa shape index (κ1) is 15.8. The van der Waals surface area contributed by atoms with Crippen molar-refractivity contribution in [1.29, 1.82) is 5.26 Å². The van der Waals surface area contributed by atoms with E-state index in [1.165, 1.54) is 0 Å². The van der Waals surface area contributed by atoms with E-state index < -0.39 is 0 Å². The molecule has 1 N–H and O–H groups in total. The van der Waals surface area contributed by atoms with E-state index in [4.69, 9.17) is 9.15 Å². The van der Waals surface area contributed by atoms with Gasteiger partial charge in [-0.2, -0.15) is 10.2 Å². The molecular weight excluding hydrogens is 332 g/mol. The Morgan fingerprint density at radius 2 is 1.81 bits per heavy atom. The van der Waals surface area contributed by atoms with Crippen LogP contribution >= 0.6 is 0 Å². The molecule has 2 heterocycles. The Kier molecular flexibility index (Phi) is 3.82. The lowest BCUT2D eigenvalue weighted by molar-refractivity contribution is 0.315. The lowest BCUT2D eigenvalue weighted by atomic mass is 10.1. The molecule has 0 saturated carbocycles. The average molecular weight is 346 g/mol. The Labute approximate surface area is 148 Å². The molecule has 0 fully saturated rings. The molecule has 0 unspecified atom stereocenters. The number of aromatic nitrogens is 4. The molecule has 8 heteroatoms. The van der Waals surface area contributed by atoms with Crippen molar-refractivity contribution >= 4 is 16.7 Å². The van der Waals surface area contributed by atoms with Gasteiger partial charge in [0.15, 0.2) is 0 Å². The second-order valence-corrected chi connectivity index (χ2v) is 6.06. The van der Waals surface area contributed by atoms with Crippen molar-refractivity contribution in [2.45, 2.75) is 19.9 Å². The molecule has 2 aromatic carbocycles. The molecule has 4 aromatic rings. The fraction of sp³-hybridized carbons (Fsp3) is 0.167. The second kappa shape index (κ2) is 6.29.